The third-order valence-electron chi connectivity index (χ3n) is 5.14. The molecular weight excluding hydrogens is 474 g/mol. The first kappa shape index (κ1) is 23.6. The van der Waals surface area contributed by atoms with Gasteiger partial charge in [0.1, 0.15) is 17.7 Å². The molecule has 0 aliphatic carbocycles. The quantitative estimate of drug-likeness (QED) is 0.336. The number of ether oxygens (including phenoxy) is 1. The Bertz CT molecular complexity index is 1300. The maximum atomic E-state index is 13.2. The zero-order chi connectivity index (χ0) is 24.5. The zero-order valence-corrected chi connectivity index (χ0v) is 18.4. The van der Waals surface area contributed by atoms with E-state index < -0.39 is 24.2 Å². The highest BCUT2D eigenvalue weighted by Gasteiger charge is 2.40. The summed E-state index contributed by atoms with van der Waals surface area (Å²) in [5.74, 6) is -2.06. The van der Waals surface area contributed by atoms with Crippen LogP contribution in [0.3, 0.4) is 0 Å². The van der Waals surface area contributed by atoms with Crippen molar-refractivity contribution in [2.45, 2.75) is 25.2 Å². The first-order valence-electron chi connectivity index (χ1n) is 10.2. The summed E-state index contributed by atoms with van der Waals surface area (Å²) in [5.41, 5.74) is 1.91. The van der Waals surface area contributed by atoms with Crippen molar-refractivity contribution in [3.05, 3.63) is 89.3 Å². The average Bonchev–Trinajstić information content (AvgIpc) is 3.21. The number of carbonyl (C=O) groups is 1. The predicted molar refractivity (Wildman–Crippen MR) is 120 cm³/mol. The lowest BCUT2D eigenvalue weighted by Gasteiger charge is -2.27. The highest BCUT2D eigenvalue weighted by molar-refractivity contribution is 6.30. The Hall–Kier alpha value is -3.59. The average molecular weight is 492 g/mol. The Morgan fingerprint density at radius 3 is 2.38 bits per heavy atom. The first-order chi connectivity index (χ1) is 16.1. The topological polar surface area (TPSA) is 56.1 Å². The van der Waals surface area contributed by atoms with Crippen LogP contribution in [0.4, 0.5) is 17.6 Å². The first-order valence-corrected chi connectivity index (χ1v) is 10.5. The molecule has 34 heavy (non-hydrogen) atoms. The van der Waals surface area contributed by atoms with E-state index in [1.54, 1.807) is 65.5 Å². The van der Waals surface area contributed by atoms with Crippen molar-refractivity contribution in [2.24, 2.45) is 0 Å². The van der Waals surface area contributed by atoms with Crippen LogP contribution >= 0.6 is 11.6 Å². The number of benzene rings is 3. The third kappa shape index (κ3) is 5.14. The third-order valence-corrected chi connectivity index (χ3v) is 5.39. The summed E-state index contributed by atoms with van der Waals surface area (Å²) in [6, 6.07) is 16.3. The molecule has 1 N–H and O–H groups in total. The molecule has 1 aromatic heterocycles. The molecule has 3 aromatic carbocycles. The Labute approximate surface area is 196 Å². The predicted octanol–water partition coefficient (Wildman–Crippen LogP) is 6.01. The van der Waals surface area contributed by atoms with Crippen molar-refractivity contribution >= 4 is 28.4 Å². The summed E-state index contributed by atoms with van der Waals surface area (Å²) < 4.78 is 59.3. The van der Waals surface area contributed by atoms with E-state index in [9.17, 15) is 22.4 Å². The van der Waals surface area contributed by atoms with E-state index in [-0.39, 0.29) is 5.82 Å². The molecular formula is C24H18ClF4N3O2. The van der Waals surface area contributed by atoms with Gasteiger partial charge in [0, 0.05) is 10.4 Å². The second-order valence-corrected chi connectivity index (χ2v) is 8.04. The van der Waals surface area contributed by atoms with Gasteiger partial charge >= 0.3 is 12.1 Å². The summed E-state index contributed by atoms with van der Waals surface area (Å²) in [6.07, 6.45) is -4.36. The molecule has 1 amide bonds. The molecule has 10 heteroatoms. The number of amides is 1. The van der Waals surface area contributed by atoms with Crippen molar-refractivity contribution in [2.75, 3.05) is 0 Å². The van der Waals surface area contributed by atoms with E-state index >= 15 is 0 Å². The van der Waals surface area contributed by atoms with Gasteiger partial charge in [-0.05, 0) is 67.1 Å². The maximum Gasteiger partial charge on any atom is 0.471 e. The highest BCUT2D eigenvalue weighted by Crippen LogP contribution is 2.30. The van der Waals surface area contributed by atoms with Gasteiger partial charge in [0.15, 0.2) is 0 Å². The molecule has 0 radical (unpaired) electrons. The van der Waals surface area contributed by atoms with Crippen LogP contribution in [0.1, 0.15) is 18.6 Å². The van der Waals surface area contributed by atoms with E-state index in [1.165, 1.54) is 19.1 Å². The minimum Gasteiger partial charge on any atom is -0.484 e. The minimum absolute atomic E-state index is 0.360. The summed E-state index contributed by atoms with van der Waals surface area (Å²) in [6.45, 7) is 1.42. The van der Waals surface area contributed by atoms with Gasteiger partial charge in [0.05, 0.1) is 23.4 Å². The number of hydrogen-bond donors (Lipinski definition) is 1. The van der Waals surface area contributed by atoms with Crippen molar-refractivity contribution in [1.29, 1.82) is 0 Å². The molecule has 0 aliphatic heterocycles. The van der Waals surface area contributed by atoms with Gasteiger partial charge in [-0.1, -0.05) is 23.7 Å². The van der Waals surface area contributed by atoms with E-state index in [2.05, 4.69) is 5.10 Å². The molecule has 0 aliphatic rings. The normalized spacial score (nSPS) is 13.5. The van der Waals surface area contributed by atoms with Gasteiger partial charge in [-0.15, -0.1) is 0 Å². The van der Waals surface area contributed by atoms with Gasteiger partial charge in [-0.3, -0.25) is 4.79 Å². The van der Waals surface area contributed by atoms with E-state index in [0.29, 0.717) is 27.4 Å². The van der Waals surface area contributed by atoms with Crippen molar-refractivity contribution in [1.82, 2.24) is 15.1 Å². The Morgan fingerprint density at radius 2 is 1.74 bits per heavy atom. The van der Waals surface area contributed by atoms with Crippen molar-refractivity contribution in [3.63, 3.8) is 0 Å². The van der Waals surface area contributed by atoms with Gasteiger partial charge < -0.3 is 10.1 Å². The smallest absolute Gasteiger partial charge is 0.471 e. The number of halogens is 5. The van der Waals surface area contributed by atoms with Crippen LogP contribution in [0, 0.1) is 5.82 Å². The molecule has 0 unspecified atom stereocenters. The molecule has 4 rings (SSSR count). The van der Waals surface area contributed by atoms with E-state index in [1.807, 2.05) is 5.32 Å². The maximum absolute atomic E-state index is 13.2. The van der Waals surface area contributed by atoms with Gasteiger partial charge in [-0.25, -0.2) is 9.07 Å². The summed E-state index contributed by atoms with van der Waals surface area (Å²) in [5, 5.41) is 7.42. The number of carbonyl (C=O) groups excluding carboxylic acids is 1. The zero-order valence-electron chi connectivity index (χ0n) is 17.7. The van der Waals surface area contributed by atoms with Gasteiger partial charge in [0.25, 0.3) is 0 Å². The van der Waals surface area contributed by atoms with Crippen molar-refractivity contribution < 1.29 is 27.1 Å². The van der Waals surface area contributed by atoms with Crippen LogP contribution in [0.5, 0.6) is 5.75 Å². The SMILES string of the molecule is C[C@H](NC(=O)C(F)(F)F)[C@@H](Oc1ccc2c(cnn2-c2ccc(F)cc2)c1)c1ccc(Cl)cc1. The Kier molecular flexibility index (Phi) is 6.47. The monoisotopic (exact) mass is 491 g/mol. The molecule has 2 atom stereocenters. The Balaban J connectivity index is 1.63. The van der Waals surface area contributed by atoms with Crippen LogP contribution in [0.15, 0.2) is 72.9 Å². The Morgan fingerprint density at radius 1 is 1.06 bits per heavy atom. The molecule has 0 saturated heterocycles. The molecule has 0 spiro atoms. The number of alkyl halides is 3. The van der Waals surface area contributed by atoms with Crippen LogP contribution in [0.2, 0.25) is 5.02 Å². The molecule has 0 fully saturated rings. The van der Waals surface area contributed by atoms with Crippen LogP contribution in [-0.2, 0) is 4.79 Å². The highest BCUT2D eigenvalue weighted by atomic mass is 35.5. The number of fused-ring (bicyclic) bond motifs is 1. The summed E-state index contributed by atoms with van der Waals surface area (Å²) >= 11 is 5.94. The summed E-state index contributed by atoms with van der Waals surface area (Å²) in [7, 11) is 0. The fraction of sp³-hybridized carbons (Fsp3) is 0.167. The summed E-state index contributed by atoms with van der Waals surface area (Å²) in [4.78, 5) is 11.5. The van der Waals surface area contributed by atoms with Crippen LogP contribution in [0.25, 0.3) is 16.6 Å². The van der Waals surface area contributed by atoms with Gasteiger partial charge in [-0.2, -0.15) is 18.3 Å². The number of aromatic nitrogens is 2. The second-order valence-electron chi connectivity index (χ2n) is 7.60. The van der Waals surface area contributed by atoms with E-state index in [0.717, 1.165) is 5.52 Å². The largest absolute Gasteiger partial charge is 0.484 e. The molecule has 0 saturated carbocycles. The van der Waals surface area contributed by atoms with Gasteiger partial charge in [0.2, 0.25) is 0 Å². The molecule has 5 nitrogen and oxygen atoms in total. The van der Waals surface area contributed by atoms with Crippen molar-refractivity contribution in [3.8, 4) is 11.4 Å². The van der Waals surface area contributed by atoms with Crippen LogP contribution < -0.4 is 10.1 Å². The lowest BCUT2D eigenvalue weighted by Crippen LogP contribution is -2.45. The van der Waals surface area contributed by atoms with E-state index in [4.69, 9.17) is 16.3 Å². The number of nitrogens with zero attached hydrogens (tertiary/aromatic N) is 2. The molecule has 1 heterocycles. The fourth-order valence-electron chi connectivity index (χ4n) is 3.49. The fourth-order valence-corrected chi connectivity index (χ4v) is 3.62. The molecule has 0 bridgehead atoms. The number of nitrogens with one attached hydrogen (secondary N) is 1. The second kappa shape index (κ2) is 9.34. The minimum atomic E-state index is -5.02. The number of hydrogen-bond acceptors (Lipinski definition) is 3. The lowest BCUT2D eigenvalue weighted by atomic mass is 10.0. The number of rotatable bonds is 6. The standard InChI is InChI=1S/C24H18ClF4N3O2/c1-14(31-23(33)24(27,28)29)22(15-2-4-17(25)5-3-15)34-20-10-11-21-16(12-20)13-30-32(21)19-8-6-18(26)7-9-19/h2-14,22H,1H3,(H,31,33)/t14-,22+/m0/s1. The lowest BCUT2D eigenvalue weighted by molar-refractivity contribution is -0.174. The molecule has 4 aromatic rings. The molecule has 176 valence electrons. The van der Waals surface area contributed by atoms with Crippen LogP contribution in [-0.4, -0.2) is 27.9 Å².